The number of hydrogen-bond donors (Lipinski definition) is 1. The number of aromatic nitrogens is 4. The highest BCUT2D eigenvalue weighted by atomic mass is 16.5. The lowest BCUT2D eigenvalue weighted by Gasteiger charge is -2.24. The molecule has 2 heterocycles. The molecule has 0 fully saturated rings. The number of nitrogens with one attached hydrogen (secondary N) is 1. The maximum absolute atomic E-state index is 13.2. The van der Waals surface area contributed by atoms with E-state index in [9.17, 15) is 4.79 Å². The second-order valence-electron chi connectivity index (χ2n) is 9.05. The SMILES string of the molecule is CCOc1ccc(C(NC(=O)Cc2c(C)nn(-c3nc(C)cc(C)n3)c2C)C(C)C)cc1OCC. The van der Waals surface area contributed by atoms with Gasteiger partial charge in [-0.05, 0) is 71.2 Å². The number of amides is 1. The molecule has 3 rings (SSSR count). The van der Waals surface area contributed by atoms with Crippen molar-refractivity contribution in [2.75, 3.05) is 13.2 Å². The van der Waals surface area contributed by atoms with Crippen molar-refractivity contribution in [2.45, 2.75) is 67.9 Å². The van der Waals surface area contributed by atoms with Crippen LogP contribution in [-0.4, -0.2) is 38.9 Å². The molecule has 0 aliphatic carbocycles. The van der Waals surface area contributed by atoms with Crippen LogP contribution in [-0.2, 0) is 11.2 Å². The maximum Gasteiger partial charge on any atom is 0.251 e. The Labute approximate surface area is 208 Å². The first-order valence-corrected chi connectivity index (χ1v) is 12.2. The van der Waals surface area contributed by atoms with Gasteiger partial charge >= 0.3 is 0 Å². The van der Waals surface area contributed by atoms with Gasteiger partial charge in [-0.25, -0.2) is 14.6 Å². The predicted molar refractivity (Wildman–Crippen MR) is 136 cm³/mol. The van der Waals surface area contributed by atoms with Crippen molar-refractivity contribution in [3.8, 4) is 17.4 Å². The highest BCUT2D eigenvalue weighted by Crippen LogP contribution is 2.33. The third-order valence-electron chi connectivity index (χ3n) is 5.85. The highest BCUT2D eigenvalue weighted by Gasteiger charge is 2.23. The largest absolute Gasteiger partial charge is 0.490 e. The number of carbonyl (C=O) groups is 1. The summed E-state index contributed by atoms with van der Waals surface area (Å²) in [6, 6.07) is 7.62. The normalized spacial score (nSPS) is 12.0. The topological polar surface area (TPSA) is 91.2 Å². The molecule has 1 unspecified atom stereocenters. The van der Waals surface area contributed by atoms with Crippen LogP contribution in [0.2, 0.25) is 0 Å². The Bertz CT molecular complexity index is 1170. The third kappa shape index (κ3) is 6.18. The molecule has 8 heteroatoms. The van der Waals surface area contributed by atoms with Gasteiger partial charge in [0, 0.05) is 22.6 Å². The standard InChI is InChI=1S/C27H37N5O3/c1-9-34-23-12-11-21(14-24(23)35-10-2)26(16(3)4)30-25(33)15-22-19(7)31-32(20(22)8)27-28-17(5)13-18(6)29-27/h11-14,16,26H,9-10,15H2,1-8H3,(H,30,33). The maximum atomic E-state index is 13.2. The van der Waals surface area contributed by atoms with Gasteiger partial charge in [0.2, 0.25) is 5.91 Å². The zero-order chi connectivity index (χ0) is 25.7. The zero-order valence-electron chi connectivity index (χ0n) is 22.1. The van der Waals surface area contributed by atoms with E-state index in [0.717, 1.165) is 33.9 Å². The molecule has 188 valence electrons. The number of nitrogens with zero attached hydrogens (tertiary/aromatic N) is 4. The van der Waals surface area contributed by atoms with E-state index < -0.39 is 0 Å². The molecule has 0 aliphatic rings. The van der Waals surface area contributed by atoms with Crippen LogP contribution in [0.15, 0.2) is 24.3 Å². The second kappa shape index (κ2) is 11.3. The van der Waals surface area contributed by atoms with Crippen molar-refractivity contribution in [1.29, 1.82) is 0 Å². The van der Waals surface area contributed by atoms with Crippen LogP contribution in [0.5, 0.6) is 11.5 Å². The zero-order valence-corrected chi connectivity index (χ0v) is 22.1. The number of benzene rings is 1. The molecule has 0 bridgehead atoms. The molecular weight excluding hydrogens is 442 g/mol. The molecule has 8 nitrogen and oxygen atoms in total. The van der Waals surface area contributed by atoms with Gasteiger partial charge in [-0.2, -0.15) is 5.10 Å². The van der Waals surface area contributed by atoms with E-state index in [2.05, 4.69) is 34.2 Å². The van der Waals surface area contributed by atoms with Crippen LogP contribution in [0.1, 0.15) is 67.6 Å². The van der Waals surface area contributed by atoms with Crippen LogP contribution >= 0.6 is 0 Å². The Morgan fingerprint density at radius 3 is 2.20 bits per heavy atom. The average Bonchev–Trinajstić information content (AvgIpc) is 3.06. The average molecular weight is 480 g/mol. The Morgan fingerprint density at radius 2 is 1.60 bits per heavy atom. The molecule has 2 aromatic heterocycles. The molecule has 0 spiro atoms. The third-order valence-corrected chi connectivity index (χ3v) is 5.85. The van der Waals surface area contributed by atoms with Crippen LogP contribution in [0.4, 0.5) is 0 Å². The van der Waals surface area contributed by atoms with Gasteiger partial charge in [-0.1, -0.05) is 19.9 Å². The number of carbonyl (C=O) groups excluding carboxylic acids is 1. The molecule has 3 aromatic rings. The minimum atomic E-state index is -0.171. The number of rotatable bonds is 10. The quantitative estimate of drug-likeness (QED) is 0.451. The minimum absolute atomic E-state index is 0.0670. The van der Waals surface area contributed by atoms with Gasteiger partial charge in [0.15, 0.2) is 11.5 Å². The van der Waals surface area contributed by atoms with Crippen LogP contribution in [0.3, 0.4) is 0 Å². The summed E-state index contributed by atoms with van der Waals surface area (Å²) in [5, 5.41) is 7.85. The smallest absolute Gasteiger partial charge is 0.251 e. The molecular formula is C27H37N5O3. The van der Waals surface area contributed by atoms with Crippen molar-refractivity contribution in [1.82, 2.24) is 25.1 Å². The lowest BCUT2D eigenvalue weighted by molar-refractivity contribution is -0.121. The Morgan fingerprint density at radius 1 is 0.971 bits per heavy atom. The van der Waals surface area contributed by atoms with E-state index in [4.69, 9.17) is 9.47 Å². The monoisotopic (exact) mass is 479 g/mol. The first-order valence-electron chi connectivity index (χ1n) is 12.2. The summed E-state index contributed by atoms with van der Waals surface area (Å²) in [6.45, 7) is 16.9. The minimum Gasteiger partial charge on any atom is -0.490 e. The van der Waals surface area contributed by atoms with Crippen LogP contribution in [0.25, 0.3) is 5.95 Å². The number of aryl methyl sites for hydroxylation is 3. The lowest BCUT2D eigenvalue weighted by Crippen LogP contribution is -2.33. The first-order chi connectivity index (χ1) is 16.6. The summed E-state index contributed by atoms with van der Waals surface area (Å²) in [5.41, 5.74) is 5.27. The Kier molecular flexibility index (Phi) is 8.48. The highest BCUT2D eigenvalue weighted by molar-refractivity contribution is 5.79. The van der Waals surface area contributed by atoms with E-state index in [-0.39, 0.29) is 24.3 Å². The van der Waals surface area contributed by atoms with Crippen molar-refractivity contribution in [3.05, 3.63) is 58.2 Å². The molecule has 35 heavy (non-hydrogen) atoms. The number of ether oxygens (including phenoxy) is 2. The fourth-order valence-corrected chi connectivity index (χ4v) is 4.21. The molecule has 0 saturated heterocycles. The van der Waals surface area contributed by atoms with Gasteiger partial charge in [0.25, 0.3) is 5.95 Å². The summed E-state index contributed by atoms with van der Waals surface area (Å²) >= 11 is 0. The summed E-state index contributed by atoms with van der Waals surface area (Å²) in [7, 11) is 0. The van der Waals surface area contributed by atoms with Crippen LogP contribution < -0.4 is 14.8 Å². The fourth-order valence-electron chi connectivity index (χ4n) is 4.21. The fraction of sp³-hybridized carbons (Fsp3) is 0.481. The summed E-state index contributed by atoms with van der Waals surface area (Å²) in [6.07, 6.45) is 0.223. The molecule has 1 N–H and O–H groups in total. The van der Waals surface area contributed by atoms with Gasteiger partial charge in [0.1, 0.15) is 0 Å². The first kappa shape index (κ1) is 26.2. The molecule has 0 saturated carbocycles. The molecule has 1 amide bonds. The van der Waals surface area contributed by atoms with E-state index in [1.54, 1.807) is 4.68 Å². The van der Waals surface area contributed by atoms with E-state index in [0.29, 0.717) is 30.7 Å². The van der Waals surface area contributed by atoms with Crippen molar-refractivity contribution in [3.63, 3.8) is 0 Å². The number of hydrogen-bond acceptors (Lipinski definition) is 6. The Balaban J connectivity index is 1.83. The summed E-state index contributed by atoms with van der Waals surface area (Å²) in [4.78, 5) is 22.2. The summed E-state index contributed by atoms with van der Waals surface area (Å²) in [5.74, 6) is 2.03. The Hall–Kier alpha value is -3.42. The predicted octanol–water partition coefficient (Wildman–Crippen LogP) is 4.75. The van der Waals surface area contributed by atoms with Crippen molar-refractivity contribution >= 4 is 5.91 Å². The van der Waals surface area contributed by atoms with Gasteiger partial charge in [-0.3, -0.25) is 4.79 Å². The van der Waals surface area contributed by atoms with Gasteiger partial charge in [0.05, 0.1) is 31.4 Å². The molecule has 1 aromatic carbocycles. The second-order valence-corrected chi connectivity index (χ2v) is 9.05. The van der Waals surface area contributed by atoms with E-state index >= 15 is 0 Å². The summed E-state index contributed by atoms with van der Waals surface area (Å²) < 4.78 is 13.2. The molecule has 0 radical (unpaired) electrons. The lowest BCUT2D eigenvalue weighted by atomic mass is 9.95. The van der Waals surface area contributed by atoms with Gasteiger partial charge < -0.3 is 14.8 Å². The molecule has 0 aliphatic heterocycles. The van der Waals surface area contributed by atoms with E-state index in [1.807, 2.05) is 65.8 Å². The molecule has 1 atom stereocenters. The van der Waals surface area contributed by atoms with Crippen molar-refractivity contribution in [2.24, 2.45) is 5.92 Å². The van der Waals surface area contributed by atoms with Gasteiger partial charge in [-0.15, -0.1) is 0 Å². The van der Waals surface area contributed by atoms with Crippen molar-refractivity contribution < 1.29 is 14.3 Å². The van der Waals surface area contributed by atoms with E-state index in [1.165, 1.54) is 0 Å². The van der Waals surface area contributed by atoms with Crippen LogP contribution in [0, 0.1) is 33.6 Å².